The molecule has 0 fully saturated rings. The largest absolute Gasteiger partial charge is 0.494 e. The number of benzene rings is 1. The van der Waals surface area contributed by atoms with E-state index in [-0.39, 0.29) is 37.9 Å². The summed E-state index contributed by atoms with van der Waals surface area (Å²) in [6, 6.07) is 6.87. The molecule has 0 atom stereocenters. The van der Waals surface area contributed by atoms with E-state index < -0.39 is 11.8 Å². The third-order valence-corrected chi connectivity index (χ3v) is 2.53. The van der Waals surface area contributed by atoms with E-state index in [4.69, 9.17) is 10.5 Å². The van der Waals surface area contributed by atoms with Crippen LogP contribution in [0.15, 0.2) is 24.3 Å². The van der Waals surface area contributed by atoms with Gasteiger partial charge in [-0.3, -0.25) is 14.4 Å². The highest BCUT2D eigenvalue weighted by molar-refractivity contribution is 5.95. The molecule has 0 radical (unpaired) electrons. The summed E-state index contributed by atoms with van der Waals surface area (Å²) in [5, 5.41) is 7.31. The molecule has 1 aromatic carbocycles. The lowest BCUT2D eigenvalue weighted by Crippen LogP contribution is -2.41. The van der Waals surface area contributed by atoms with Crippen LogP contribution in [-0.2, 0) is 14.4 Å². The Morgan fingerprint density at radius 3 is 2.13 bits per heavy atom. The number of ether oxygens (including phenoxy) is 1. The Kier molecular flexibility index (Phi) is 10.1. The lowest BCUT2D eigenvalue weighted by Gasteiger charge is -2.08. The van der Waals surface area contributed by atoms with Crippen molar-refractivity contribution in [1.29, 1.82) is 0 Å². The van der Waals surface area contributed by atoms with Crippen LogP contribution in [0.25, 0.3) is 0 Å². The van der Waals surface area contributed by atoms with Crippen LogP contribution in [0.1, 0.15) is 6.92 Å². The predicted octanol–water partition coefficient (Wildman–Crippen LogP) is -0.363. The summed E-state index contributed by atoms with van der Waals surface area (Å²) in [5.41, 5.74) is 5.68. The van der Waals surface area contributed by atoms with Gasteiger partial charge in [0.2, 0.25) is 17.7 Å². The number of hydrogen-bond acceptors (Lipinski definition) is 5. The molecule has 1 rings (SSSR count). The molecule has 0 aliphatic rings. The normalized spacial score (nSPS) is 9.30. The SMILES string of the molecule is CCOc1ccc(NC(=O)CNC(=O)CNC(=O)CN)cc1.Cl. The van der Waals surface area contributed by atoms with Crippen molar-refractivity contribution in [3.05, 3.63) is 24.3 Å². The van der Waals surface area contributed by atoms with E-state index in [1.54, 1.807) is 24.3 Å². The molecule has 5 N–H and O–H groups in total. The standard InChI is InChI=1S/C14H20N4O4.ClH/c1-2-22-11-5-3-10(4-6-11)18-14(21)9-17-13(20)8-16-12(19)7-15;/h3-6H,2,7-9,15H2,1H3,(H,16,19)(H,17,20)(H,18,21);1H. The first-order chi connectivity index (χ1) is 10.5. The van der Waals surface area contributed by atoms with Crippen molar-refractivity contribution in [3.63, 3.8) is 0 Å². The molecule has 0 aromatic heterocycles. The fourth-order valence-electron chi connectivity index (χ4n) is 1.50. The van der Waals surface area contributed by atoms with Gasteiger partial charge in [-0.05, 0) is 31.2 Å². The van der Waals surface area contributed by atoms with Gasteiger partial charge in [0.05, 0.1) is 26.2 Å². The van der Waals surface area contributed by atoms with Crippen molar-refractivity contribution in [2.45, 2.75) is 6.92 Å². The number of carbonyl (C=O) groups is 3. The summed E-state index contributed by atoms with van der Waals surface area (Å²) in [5.74, 6) is -0.565. The number of rotatable bonds is 8. The Balaban J connectivity index is 0.00000484. The molecule has 0 heterocycles. The predicted molar refractivity (Wildman–Crippen MR) is 88.6 cm³/mol. The summed E-state index contributed by atoms with van der Waals surface area (Å²) in [6.45, 7) is 1.86. The zero-order chi connectivity index (χ0) is 16.4. The zero-order valence-corrected chi connectivity index (χ0v) is 13.6. The summed E-state index contributed by atoms with van der Waals surface area (Å²) in [4.78, 5) is 33.9. The van der Waals surface area contributed by atoms with Crippen LogP contribution in [0.2, 0.25) is 0 Å². The van der Waals surface area contributed by atoms with Crippen molar-refractivity contribution >= 4 is 35.8 Å². The second-order valence-corrected chi connectivity index (χ2v) is 4.26. The van der Waals surface area contributed by atoms with Gasteiger partial charge in [0.1, 0.15) is 5.75 Å². The number of anilines is 1. The highest BCUT2D eigenvalue weighted by Gasteiger charge is 2.07. The van der Waals surface area contributed by atoms with Crippen molar-refractivity contribution in [2.24, 2.45) is 5.73 Å². The first-order valence-electron chi connectivity index (χ1n) is 6.81. The molecule has 0 bridgehead atoms. The quantitative estimate of drug-likeness (QED) is 0.513. The summed E-state index contributed by atoms with van der Waals surface area (Å²) < 4.78 is 5.29. The van der Waals surface area contributed by atoms with E-state index in [9.17, 15) is 14.4 Å². The average molecular weight is 345 g/mol. The van der Waals surface area contributed by atoms with Crippen LogP contribution < -0.4 is 26.4 Å². The molecular weight excluding hydrogens is 324 g/mol. The minimum atomic E-state index is -0.469. The molecule has 0 aliphatic carbocycles. The summed E-state index contributed by atoms with van der Waals surface area (Å²) in [6.07, 6.45) is 0. The highest BCUT2D eigenvalue weighted by Crippen LogP contribution is 2.15. The molecule has 9 heteroatoms. The molecule has 0 saturated heterocycles. The Morgan fingerprint density at radius 2 is 1.57 bits per heavy atom. The molecule has 3 amide bonds. The van der Waals surface area contributed by atoms with E-state index in [0.717, 1.165) is 0 Å². The van der Waals surface area contributed by atoms with Gasteiger partial charge in [-0.25, -0.2) is 0 Å². The van der Waals surface area contributed by atoms with Gasteiger partial charge in [0.25, 0.3) is 0 Å². The number of nitrogens with two attached hydrogens (primary N) is 1. The van der Waals surface area contributed by atoms with Gasteiger partial charge in [0, 0.05) is 5.69 Å². The number of amides is 3. The van der Waals surface area contributed by atoms with E-state index >= 15 is 0 Å². The molecule has 23 heavy (non-hydrogen) atoms. The van der Waals surface area contributed by atoms with Gasteiger partial charge >= 0.3 is 0 Å². The van der Waals surface area contributed by atoms with Crippen LogP contribution in [-0.4, -0.2) is 44.0 Å². The monoisotopic (exact) mass is 344 g/mol. The molecule has 0 spiro atoms. The average Bonchev–Trinajstić information content (AvgIpc) is 2.52. The van der Waals surface area contributed by atoms with Gasteiger partial charge < -0.3 is 26.4 Å². The van der Waals surface area contributed by atoms with Gasteiger partial charge in [-0.1, -0.05) is 0 Å². The van der Waals surface area contributed by atoms with E-state index in [1.165, 1.54) is 0 Å². The lowest BCUT2D eigenvalue weighted by molar-refractivity contribution is -0.126. The second-order valence-electron chi connectivity index (χ2n) is 4.26. The number of hydrogen-bond donors (Lipinski definition) is 4. The van der Waals surface area contributed by atoms with Crippen molar-refractivity contribution in [2.75, 3.05) is 31.6 Å². The Labute approximate surface area is 140 Å². The van der Waals surface area contributed by atoms with Gasteiger partial charge in [0.15, 0.2) is 0 Å². The Morgan fingerprint density at radius 1 is 1.00 bits per heavy atom. The maximum Gasteiger partial charge on any atom is 0.243 e. The fourth-order valence-corrected chi connectivity index (χ4v) is 1.50. The summed E-state index contributed by atoms with van der Waals surface area (Å²) >= 11 is 0. The maximum absolute atomic E-state index is 11.7. The number of nitrogens with one attached hydrogen (secondary N) is 3. The third-order valence-electron chi connectivity index (χ3n) is 2.53. The van der Waals surface area contributed by atoms with Crippen molar-refractivity contribution < 1.29 is 19.1 Å². The van der Waals surface area contributed by atoms with E-state index in [1.807, 2.05) is 6.92 Å². The molecule has 0 aliphatic heterocycles. The van der Waals surface area contributed by atoms with Gasteiger partial charge in [-0.15, -0.1) is 12.4 Å². The van der Waals surface area contributed by atoms with E-state index in [0.29, 0.717) is 18.0 Å². The fraction of sp³-hybridized carbons (Fsp3) is 0.357. The van der Waals surface area contributed by atoms with Gasteiger partial charge in [-0.2, -0.15) is 0 Å². The smallest absolute Gasteiger partial charge is 0.243 e. The summed E-state index contributed by atoms with van der Waals surface area (Å²) in [7, 11) is 0. The van der Waals surface area contributed by atoms with Crippen LogP contribution in [0.3, 0.4) is 0 Å². The molecule has 0 saturated carbocycles. The Hall–Kier alpha value is -2.32. The Bertz CT molecular complexity index is 522. The second kappa shape index (κ2) is 11.3. The van der Waals surface area contributed by atoms with Crippen molar-refractivity contribution in [1.82, 2.24) is 10.6 Å². The molecule has 0 unspecified atom stereocenters. The van der Waals surface area contributed by atoms with Crippen molar-refractivity contribution in [3.8, 4) is 5.75 Å². The molecular formula is C14H21ClN4O4. The topological polar surface area (TPSA) is 123 Å². The molecule has 128 valence electrons. The number of carbonyl (C=O) groups excluding carboxylic acids is 3. The first kappa shape index (κ1) is 20.7. The van der Waals surface area contributed by atoms with Crippen LogP contribution in [0, 0.1) is 0 Å². The minimum absolute atomic E-state index is 0. The van der Waals surface area contributed by atoms with E-state index in [2.05, 4.69) is 16.0 Å². The highest BCUT2D eigenvalue weighted by atomic mass is 35.5. The third kappa shape index (κ3) is 8.64. The minimum Gasteiger partial charge on any atom is -0.494 e. The number of halogens is 1. The molecule has 1 aromatic rings. The van der Waals surface area contributed by atoms with Crippen LogP contribution in [0.5, 0.6) is 5.75 Å². The maximum atomic E-state index is 11.7. The zero-order valence-electron chi connectivity index (χ0n) is 12.8. The first-order valence-corrected chi connectivity index (χ1v) is 6.81. The van der Waals surface area contributed by atoms with Crippen LogP contribution >= 0.6 is 12.4 Å². The molecule has 8 nitrogen and oxygen atoms in total. The lowest BCUT2D eigenvalue weighted by atomic mass is 10.3. The van der Waals surface area contributed by atoms with Crippen LogP contribution in [0.4, 0.5) is 5.69 Å².